The Kier molecular flexibility index (Phi) is 2.97. The van der Waals surface area contributed by atoms with Crippen molar-refractivity contribution in [3.63, 3.8) is 0 Å². The number of nitriles is 1. The molecular weight excluding hydrogens is 94.1 g/mol. The second kappa shape index (κ2) is 3.05. The third kappa shape index (κ3) is 2.10. The lowest BCUT2D eigenvalue weighted by Crippen LogP contribution is -1.84. The molecular formula is C4H7NS. The molecule has 0 aliphatic rings. The SMILES string of the molecule is CSC(C)C#N. The summed E-state index contributed by atoms with van der Waals surface area (Å²) in [6.45, 7) is 1.88. The van der Waals surface area contributed by atoms with Crippen LogP contribution in [0.2, 0.25) is 0 Å². The first-order valence-electron chi connectivity index (χ1n) is 1.73. The van der Waals surface area contributed by atoms with Gasteiger partial charge in [-0.1, -0.05) is 0 Å². The highest BCUT2D eigenvalue weighted by Gasteiger charge is 1.88. The van der Waals surface area contributed by atoms with Gasteiger partial charge in [0.25, 0.3) is 0 Å². The van der Waals surface area contributed by atoms with Crippen LogP contribution in [-0.4, -0.2) is 11.5 Å². The van der Waals surface area contributed by atoms with Gasteiger partial charge in [-0.3, -0.25) is 0 Å². The summed E-state index contributed by atoms with van der Waals surface area (Å²) in [7, 11) is 0. The maximum Gasteiger partial charge on any atom is 0.0885 e. The second-order valence-electron chi connectivity index (χ2n) is 1.01. The van der Waals surface area contributed by atoms with Crippen LogP contribution in [-0.2, 0) is 0 Å². The third-order valence-electron chi connectivity index (χ3n) is 0.535. The normalized spacial score (nSPS) is 12.8. The minimum absolute atomic E-state index is 0.157. The van der Waals surface area contributed by atoms with Crippen LogP contribution in [0.5, 0.6) is 0 Å². The van der Waals surface area contributed by atoms with E-state index in [4.69, 9.17) is 5.26 Å². The van der Waals surface area contributed by atoms with Gasteiger partial charge in [-0.05, 0) is 13.2 Å². The molecule has 0 spiro atoms. The molecule has 34 valence electrons. The van der Waals surface area contributed by atoms with E-state index < -0.39 is 0 Å². The molecule has 0 amide bonds. The molecule has 0 radical (unpaired) electrons. The molecule has 2 heteroatoms. The van der Waals surface area contributed by atoms with E-state index in [9.17, 15) is 0 Å². The van der Waals surface area contributed by atoms with Crippen molar-refractivity contribution in [2.24, 2.45) is 0 Å². The highest BCUT2D eigenvalue weighted by Crippen LogP contribution is 2.00. The predicted octanol–water partition coefficient (Wildman–Crippen LogP) is 1.26. The highest BCUT2D eigenvalue weighted by atomic mass is 32.2. The Morgan fingerprint density at radius 1 is 1.83 bits per heavy atom. The summed E-state index contributed by atoms with van der Waals surface area (Å²) in [5, 5.41) is 8.22. The Morgan fingerprint density at radius 3 is 2.33 bits per heavy atom. The van der Waals surface area contributed by atoms with Gasteiger partial charge < -0.3 is 0 Å². The molecule has 0 heterocycles. The zero-order valence-electron chi connectivity index (χ0n) is 3.93. The Labute approximate surface area is 42.3 Å². The minimum atomic E-state index is 0.157. The van der Waals surface area contributed by atoms with Gasteiger partial charge in [-0.25, -0.2) is 0 Å². The summed E-state index contributed by atoms with van der Waals surface area (Å²) in [4.78, 5) is 0. The average molecular weight is 101 g/mol. The van der Waals surface area contributed by atoms with Crippen molar-refractivity contribution in [1.29, 1.82) is 5.26 Å². The lowest BCUT2D eigenvalue weighted by Gasteiger charge is -1.87. The van der Waals surface area contributed by atoms with Crippen molar-refractivity contribution in [2.45, 2.75) is 12.2 Å². The number of hydrogen-bond acceptors (Lipinski definition) is 2. The van der Waals surface area contributed by atoms with Gasteiger partial charge in [0.15, 0.2) is 0 Å². The Hall–Kier alpha value is -0.160. The first-order valence-corrected chi connectivity index (χ1v) is 3.02. The first-order chi connectivity index (χ1) is 2.81. The molecule has 0 aliphatic carbocycles. The molecule has 0 rings (SSSR count). The van der Waals surface area contributed by atoms with Gasteiger partial charge in [-0.2, -0.15) is 5.26 Å². The molecule has 0 N–H and O–H groups in total. The van der Waals surface area contributed by atoms with E-state index >= 15 is 0 Å². The van der Waals surface area contributed by atoms with Crippen LogP contribution in [0.15, 0.2) is 0 Å². The Bertz CT molecular complexity index is 64.4. The van der Waals surface area contributed by atoms with Crippen LogP contribution >= 0.6 is 11.8 Å². The van der Waals surface area contributed by atoms with Crippen LogP contribution in [0.3, 0.4) is 0 Å². The summed E-state index contributed by atoms with van der Waals surface area (Å²) in [6, 6.07) is 2.08. The first kappa shape index (κ1) is 5.84. The molecule has 0 aromatic rings. The largest absolute Gasteiger partial charge is 0.197 e. The number of thioether (sulfide) groups is 1. The van der Waals surface area contributed by atoms with E-state index in [0.717, 1.165) is 0 Å². The fourth-order valence-electron chi connectivity index (χ4n) is 0.0527. The van der Waals surface area contributed by atoms with Crippen LogP contribution in [0, 0.1) is 11.3 Å². The summed E-state index contributed by atoms with van der Waals surface area (Å²) in [5.41, 5.74) is 0. The second-order valence-corrected chi connectivity index (χ2v) is 2.19. The van der Waals surface area contributed by atoms with Crippen molar-refractivity contribution < 1.29 is 0 Å². The van der Waals surface area contributed by atoms with Gasteiger partial charge in [0.05, 0.1) is 11.3 Å². The molecule has 1 nitrogen and oxygen atoms in total. The van der Waals surface area contributed by atoms with E-state index in [1.807, 2.05) is 13.2 Å². The number of hydrogen-bond donors (Lipinski definition) is 0. The van der Waals surface area contributed by atoms with E-state index in [2.05, 4.69) is 6.07 Å². The molecule has 0 aromatic carbocycles. The molecule has 0 aromatic heterocycles. The van der Waals surface area contributed by atoms with Crippen LogP contribution in [0.1, 0.15) is 6.92 Å². The summed E-state index contributed by atoms with van der Waals surface area (Å²) < 4.78 is 0. The van der Waals surface area contributed by atoms with E-state index in [-0.39, 0.29) is 5.25 Å². The molecule has 0 fully saturated rings. The quantitative estimate of drug-likeness (QED) is 0.496. The third-order valence-corrected chi connectivity index (χ3v) is 1.35. The molecule has 1 unspecified atom stereocenters. The van der Waals surface area contributed by atoms with Crippen molar-refractivity contribution in [3.8, 4) is 6.07 Å². The lowest BCUT2D eigenvalue weighted by atomic mass is 10.5. The maximum atomic E-state index is 8.06. The topological polar surface area (TPSA) is 23.8 Å². The molecule has 1 atom stereocenters. The van der Waals surface area contributed by atoms with Gasteiger partial charge in [-0.15, -0.1) is 11.8 Å². The molecule has 6 heavy (non-hydrogen) atoms. The summed E-state index contributed by atoms with van der Waals surface area (Å²) >= 11 is 1.56. The zero-order chi connectivity index (χ0) is 4.99. The van der Waals surface area contributed by atoms with Gasteiger partial charge in [0, 0.05) is 0 Å². The number of nitrogens with zero attached hydrogens (tertiary/aromatic N) is 1. The van der Waals surface area contributed by atoms with Gasteiger partial charge in [0.2, 0.25) is 0 Å². The fraction of sp³-hybridized carbons (Fsp3) is 0.750. The van der Waals surface area contributed by atoms with Crippen molar-refractivity contribution in [1.82, 2.24) is 0 Å². The molecule has 0 bridgehead atoms. The lowest BCUT2D eigenvalue weighted by molar-refractivity contribution is 1.25. The average Bonchev–Trinajstić information content (AvgIpc) is 1.65. The van der Waals surface area contributed by atoms with Crippen molar-refractivity contribution in [2.75, 3.05) is 6.26 Å². The van der Waals surface area contributed by atoms with Gasteiger partial charge >= 0.3 is 0 Å². The molecule has 0 saturated heterocycles. The smallest absolute Gasteiger partial charge is 0.0885 e. The molecule has 0 aliphatic heterocycles. The zero-order valence-corrected chi connectivity index (χ0v) is 4.75. The van der Waals surface area contributed by atoms with E-state index in [1.165, 1.54) is 0 Å². The maximum absolute atomic E-state index is 8.06. The Balaban J connectivity index is 3.04. The highest BCUT2D eigenvalue weighted by molar-refractivity contribution is 7.99. The van der Waals surface area contributed by atoms with E-state index in [0.29, 0.717) is 0 Å². The van der Waals surface area contributed by atoms with Crippen LogP contribution < -0.4 is 0 Å². The van der Waals surface area contributed by atoms with Crippen molar-refractivity contribution >= 4 is 11.8 Å². The van der Waals surface area contributed by atoms with Crippen LogP contribution in [0.25, 0.3) is 0 Å². The van der Waals surface area contributed by atoms with E-state index in [1.54, 1.807) is 11.8 Å². The summed E-state index contributed by atoms with van der Waals surface area (Å²) in [5.74, 6) is 0. The fourth-order valence-corrected chi connectivity index (χ4v) is 0.158. The molecule has 0 saturated carbocycles. The van der Waals surface area contributed by atoms with Crippen molar-refractivity contribution in [3.05, 3.63) is 0 Å². The summed E-state index contributed by atoms with van der Waals surface area (Å²) in [6.07, 6.45) is 1.92. The van der Waals surface area contributed by atoms with Crippen LogP contribution in [0.4, 0.5) is 0 Å². The predicted molar refractivity (Wildman–Crippen MR) is 28.6 cm³/mol. The minimum Gasteiger partial charge on any atom is -0.197 e. The van der Waals surface area contributed by atoms with Gasteiger partial charge in [0.1, 0.15) is 0 Å². The number of rotatable bonds is 1. The Morgan fingerprint density at radius 2 is 2.33 bits per heavy atom. The monoisotopic (exact) mass is 101 g/mol. The standard InChI is InChI=1S/C4H7NS/c1-4(3-5)6-2/h4H,1-2H3.